The van der Waals surface area contributed by atoms with Gasteiger partial charge in [-0.25, -0.2) is 13.2 Å². The fourth-order valence-corrected chi connectivity index (χ4v) is 4.30. The van der Waals surface area contributed by atoms with Crippen molar-refractivity contribution in [2.24, 2.45) is 5.92 Å². The van der Waals surface area contributed by atoms with Crippen molar-refractivity contribution in [3.8, 4) is 28.0 Å². The van der Waals surface area contributed by atoms with Crippen LogP contribution in [0.15, 0.2) is 30.9 Å². The van der Waals surface area contributed by atoms with Gasteiger partial charge in [-0.1, -0.05) is 6.08 Å². The topological polar surface area (TPSA) is 9.23 Å². The summed E-state index contributed by atoms with van der Waals surface area (Å²) < 4.78 is 49.4. The smallest absolute Gasteiger partial charge is 0.173 e. The molecule has 0 unspecified atom stereocenters. The molecule has 0 N–H and O–H groups in total. The Hall–Kier alpha value is -2.23. The van der Waals surface area contributed by atoms with Crippen molar-refractivity contribution in [2.45, 2.75) is 38.5 Å². The predicted molar refractivity (Wildman–Crippen MR) is 96.8 cm³/mol. The molecular weight excluding hydrogens is 337 g/mol. The average Bonchev–Trinajstić information content (AvgIpc) is 2.64. The van der Waals surface area contributed by atoms with Crippen molar-refractivity contribution in [2.75, 3.05) is 6.61 Å². The van der Waals surface area contributed by atoms with E-state index in [1.54, 1.807) is 25.1 Å². The van der Waals surface area contributed by atoms with E-state index in [0.717, 1.165) is 25.7 Å². The fraction of sp³-hybridized carbons (Fsp3) is 0.364. The Morgan fingerprint density at radius 2 is 1.69 bits per heavy atom. The van der Waals surface area contributed by atoms with Crippen molar-refractivity contribution in [3.05, 3.63) is 53.9 Å². The number of hydrogen-bond donors (Lipinski definition) is 0. The second kappa shape index (κ2) is 6.49. The lowest BCUT2D eigenvalue weighted by Crippen LogP contribution is -2.16. The Kier molecular flexibility index (Phi) is 4.29. The summed E-state index contributed by atoms with van der Waals surface area (Å²) in [6.07, 6.45) is 5.46. The zero-order valence-corrected chi connectivity index (χ0v) is 14.7. The van der Waals surface area contributed by atoms with E-state index < -0.39 is 17.5 Å². The molecule has 136 valence electrons. The van der Waals surface area contributed by atoms with Gasteiger partial charge in [-0.05, 0) is 79.3 Å². The van der Waals surface area contributed by atoms with E-state index >= 15 is 0 Å². The number of rotatable bonds is 4. The molecule has 2 aromatic carbocycles. The Morgan fingerprint density at radius 1 is 1.00 bits per heavy atom. The van der Waals surface area contributed by atoms with E-state index in [9.17, 15) is 13.2 Å². The molecule has 2 aliphatic rings. The van der Waals surface area contributed by atoms with Gasteiger partial charge < -0.3 is 4.74 Å². The fourth-order valence-electron chi connectivity index (χ4n) is 4.30. The molecule has 4 rings (SSSR count). The Morgan fingerprint density at radius 3 is 2.35 bits per heavy atom. The van der Waals surface area contributed by atoms with Gasteiger partial charge in [0.2, 0.25) is 0 Å². The minimum atomic E-state index is -0.941. The van der Waals surface area contributed by atoms with Crippen LogP contribution in [0.2, 0.25) is 0 Å². The van der Waals surface area contributed by atoms with Crippen molar-refractivity contribution >= 4 is 0 Å². The minimum absolute atomic E-state index is 0.00240. The van der Waals surface area contributed by atoms with Gasteiger partial charge in [-0.15, -0.1) is 6.58 Å². The van der Waals surface area contributed by atoms with E-state index in [2.05, 4.69) is 6.58 Å². The highest BCUT2D eigenvalue weighted by molar-refractivity contribution is 6.03. The Balaban J connectivity index is 1.73. The molecule has 0 radical (unpaired) electrons. The molecule has 2 aromatic rings. The molecule has 0 spiro atoms. The monoisotopic (exact) mass is 358 g/mol. The molecule has 26 heavy (non-hydrogen) atoms. The van der Waals surface area contributed by atoms with Crippen LogP contribution in [0, 0.1) is 23.4 Å². The van der Waals surface area contributed by atoms with Crippen molar-refractivity contribution < 1.29 is 17.9 Å². The summed E-state index contributed by atoms with van der Waals surface area (Å²) >= 11 is 0. The van der Waals surface area contributed by atoms with Gasteiger partial charge >= 0.3 is 0 Å². The molecule has 0 saturated heterocycles. The largest absolute Gasteiger partial charge is 0.491 e. The predicted octanol–water partition coefficient (Wildman–Crippen LogP) is 6.61. The molecule has 0 bridgehead atoms. The van der Waals surface area contributed by atoms with Gasteiger partial charge in [0.15, 0.2) is 23.2 Å². The standard InChI is InChI=1S/C22H21F3O/c1-3-12-5-7-13(8-6-12)15-11-16-14-9-10-17(26-4-2)21(24)18(14)19(16)22(25)20(15)23/h3,9-13H,1,4-8H2,2H3. The number of fused-ring (bicyclic) bond motifs is 4. The first-order valence-electron chi connectivity index (χ1n) is 9.17. The molecular formula is C22H21F3O. The zero-order chi connectivity index (χ0) is 18.4. The number of benzene rings is 2. The normalized spacial score (nSPS) is 20.8. The summed E-state index contributed by atoms with van der Waals surface area (Å²) in [5, 5.41) is 0. The average molecular weight is 358 g/mol. The molecule has 1 nitrogen and oxygen atoms in total. The Bertz CT molecular complexity index is 880. The van der Waals surface area contributed by atoms with Crippen molar-refractivity contribution in [1.29, 1.82) is 0 Å². The van der Waals surface area contributed by atoms with Gasteiger partial charge in [0.1, 0.15) is 0 Å². The molecule has 0 heterocycles. The number of ether oxygens (including phenoxy) is 1. The van der Waals surface area contributed by atoms with Crippen molar-refractivity contribution in [1.82, 2.24) is 0 Å². The van der Waals surface area contributed by atoms with Gasteiger partial charge in [-0.2, -0.15) is 0 Å². The van der Waals surface area contributed by atoms with Gasteiger partial charge in [0.25, 0.3) is 0 Å². The third-order valence-electron chi connectivity index (χ3n) is 5.73. The van der Waals surface area contributed by atoms with E-state index in [1.807, 2.05) is 6.08 Å². The Labute approximate surface area is 151 Å². The summed E-state index contributed by atoms with van der Waals surface area (Å²) in [6.45, 7) is 5.88. The molecule has 0 aliphatic heterocycles. The van der Waals surface area contributed by atoms with Crippen LogP contribution in [0.3, 0.4) is 0 Å². The van der Waals surface area contributed by atoms with Gasteiger partial charge in [0.05, 0.1) is 6.61 Å². The molecule has 1 saturated carbocycles. The zero-order valence-electron chi connectivity index (χ0n) is 14.7. The summed E-state index contributed by atoms with van der Waals surface area (Å²) in [5.41, 5.74) is 1.82. The molecule has 0 aromatic heterocycles. The van der Waals surface area contributed by atoms with Crippen LogP contribution in [0.1, 0.15) is 44.1 Å². The van der Waals surface area contributed by atoms with Crippen LogP contribution < -0.4 is 4.74 Å². The highest BCUT2D eigenvalue weighted by atomic mass is 19.2. The maximum absolute atomic E-state index is 14.8. The molecule has 1 fully saturated rings. The van der Waals surface area contributed by atoms with E-state index in [4.69, 9.17) is 4.74 Å². The van der Waals surface area contributed by atoms with Gasteiger partial charge in [-0.3, -0.25) is 0 Å². The van der Waals surface area contributed by atoms with Crippen LogP contribution in [-0.4, -0.2) is 6.61 Å². The maximum atomic E-state index is 14.8. The second-order valence-corrected chi connectivity index (χ2v) is 7.10. The summed E-state index contributed by atoms with van der Waals surface area (Å²) in [4.78, 5) is 0. The second-order valence-electron chi connectivity index (χ2n) is 7.10. The summed E-state index contributed by atoms with van der Waals surface area (Å²) in [7, 11) is 0. The number of hydrogen-bond acceptors (Lipinski definition) is 1. The molecule has 0 atom stereocenters. The maximum Gasteiger partial charge on any atom is 0.173 e. The van der Waals surface area contributed by atoms with Crippen molar-refractivity contribution in [3.63, 3.8) is 0 Å². The highest BCUT2D eigenvalue weighted by Gasteiger charge is 2.36. The quantitative estimate of drug-likeness (QED) is 0.477. The third kappa shape index (κ3) is 2.46. The lowest BCUT2D eigenvalue weighted by atomic mass is 9.74. The van der Waals surface area contributed by atoms with Crippen LogP contribution >= 0.6 is 0 Å². The minimum Gasteiger partial charge on any atom is -0.491 e. The molecule has 0 amide bonds. The first-order chi connectivity index (χ1) is 12.6. The van der Waals surface area contributed by atoms with Crippen LogP contribution in [-0.2, 0) is 0 Å². The van der Waals surface area contributed by atoms with Crippen LogP contribution in [0.5, 0.6) is 5.75 Å². The third-order valence-corrected chi connectivity index (χ3v) is 5.73. The van der Waals surface area contributed by atoms with Gasteiger partial charge in [0, 0.05) is 11.1 Å². The first kappa shape index (κ1) is 17.2. The molecule has 4 heteroatoms. The van der Waals surface area contributed by atoms with E-state index in [0.29, 0.717) is 29.2 Å². The van der Waals surface area contributed by atoms with E-state index in [-0.39, 0.29) is 22.8 Å². The van der Waals surface area contributed by atoms with Crippen LogP contribution in [0.25, 0.3) is 22.3 Å². The molecule has 2 aliphatic carbocycles. The summed E-state index contributed by atoms with van der Waals surface area (Å²) in [6, 6.07) is 4.99. The lowest BCUT2D eigenvalue weighted by Gasteiger charge is -2.31. The number of halogens is 3. The summed E-state index contributed by atoms with van der Waals surface area (Å²) in [5.74, 6) is -1.86. The number of allylic oxidation sites excluding steroid dienone is 1. The van der Waals surface area contributed by atoms with Crippen LogP contribution in [0.4, 0.5) is 13.2 Å². The first-order valence-corrected chi connectivity index (χ1v) is 9.17. The lowest BCUT2D eigenvalue weighted by molar-refractivity contribution is 0.322. The highest BCUT2D eigenvalue weighted by Crippen LogP contribution is 2.54. The SMILES string of the molecule is C=CC1CCC(c2cc3c(c(F)c2F)-c2c-3ccc(OCC)c2F)CC1. The van der Waals surface area contributed by atoms with E-state index in [1.165, 1.54) is 0 Å².